The van der Waals surface area contributed by atoms with Crippen LogP contribution in [0, 0.1) is 6.92 Å². The van der Waals surface area contributed by atoms with Crippen LogP contribution in [0.1, 0.15) is 180 Å². The van der Waals surface area contributed by atoms with Crippen LogP contribution in [-0.4, -0.2) is 6.71 Å². The second kappa shape index (κ2) is 13.6. The Kier molecular flexibility index (Phi) is 8.77. The molecule has 12 rings (SSSR count). The van der Waals surface area contributed by atoms with E-state index >= 15 is 0 Å². The van der Waals surface area contributed by atoms with Gasteiger partial charge in [-0.05, 0) is 187 Å². The van der Waals surface area contributed by atoms with Crippen LogP contribution in [0.2, 0.25) is 0 Å². The van der Waals surface area contributed by atoms with Gasteiger partial charge >= 0.3 is 0 Å². The van der Waals surface area contributed by atoms with Gasteiger partial charge in [-0.3, -0.25) is 0 Å². The Morgan fingerprint density at radius 3 is 1.53 bits per heavy atom. The second-order valence-electron chi connectivity index (χ2n) is 27.2. The molecule has 2 aliphatic heterocycles. The van der Waals surface area contributed by atoms with Crippen molar-refractivity contribution in [2.45, 2.75) is 181 Å². The summed E-state index contributed by atoms with van der Waals surface area (Å²) in [7, 11) is 0. The van der Waals surface area contributed by atoms with Crippen LogP contribution in [0.3, 0.4) is 0 Å². The highest BCUT2D eigenvalue weighted by atomic mass is 16.3. The van der Waals surface area contributed by atoms with Gasteiger partial charge in [-0.1, -0.05) is 140 Å². The standard InChI is InChI=1S/C64H73BN2O/c1-37-27-53-56-54(28-37)67(39-29-41-40-19-17-18-20-55(40)68-57(41)48(31-39)58(2,3)4)52-35-47-45(63(13,14)36-64(47,15)16)33-50(52)65(56)49-32-44-46(62(11,12)26-25-61(44,9)10)34-51(49)66(53)38-21-22-42-43(30-38)60(7,8)24-23-59(42,5)6/h17-22,27-35H,23-26,36H2,1-16H3. The maximum Gasteiger partial charge on any atom is 0.252 e. The molecule has 0 spiro atoms. The third-order valence-corrected chi connectivity index (χ3v) is 18.3. The van der Waals surface area contributed by atoms with E-state index in [0.29, 0.717) is 0 Å². The second-order valence-corrected chi connectivity index (χ2v) is 27.2. The van der Waals surface area contributed by atoms with Crippen LogP contribution in [0.25, 0.3) is 21.9 Å². The molecule has 0 saturated carbocycles. The van der Waals surface area contributed by atoms with E-state index in [-0.39, 0.29) is 44.6 Å². The topological polar surface area (TPSA) is 19.6 Å². The van der Waals surface area contributed by atoms with Crippen molar-refractivity contribution >= 4 is 79.2 Å². The van der Waals surface area contributed by atoms with E-state index < -0.39 is 0 Å². The summed E-state index contributed by atoms with van der Waals surface area (Å²) in [4.78, 5) is 5.40. The third-order valence-electron chi connectivity index (χ3n) is 18.3. The largest absolute Gasteiger partial charge is 0.456 e. The Morgan fingerprint density at radius 2 is 0.956 bits per heavy atom. The van der Waals surface area contributed by atoms with Crippen LogP contribution in [0.15, 0.2) is 95.4 Å². The average molecular weight is 897 g/mol. The van der Waals surface area contributed by atoms with Gasteiger partial charge in [0.25, 0.3) is 6.71 Å². The van der Waals surface area contributed by atoms with Gasteiger partial charge in [-0.25, -0.2) is 0 Å². The van der Waals surface area contributed by atoms with Gasteiger partial charge in [-0.15, -0.1) is 0 Å². The molecule has 0 unspecified atom stereocenters. The summed E-state index contributed by atoms with van der Waals surface area (Å²) in [5.74, 6) is 0. The van der Waals surface area contributed by atoms with Crippen molar-refractivity contribution < 1.29 is 4.42 Å². The lowest BCUT2D eigenvalue weighted by atomic mass is 9.33. The number of fused-ring (bicyclic) bond motifs is 10. The highest BCUT2D eigenvalue weighted by molar-refractivity contribution is 7.00. The lowest BCUT2D eigenvalue weighted by Gasteiger charge is -2.48. The monoisotopic (exact) mass is 897 g/mol. The van der Waals surface area contributed by atoms with E-state index in [0.717, 1.165) is 17.6 Å². The molecule has 0 fully saturated rings. The number of benzene rings is 6. The zero-order valence-electron chi connectivity index (χ0n) is 44.1. The molecule has 0 amide bonds. The minimum absolute atomic E-state index is 0.0314. The number of nitrogens with zero attached hydrogens (tertiary/aromatic N) is 2. The lowest BCUT2D eigenvalue weighted by molar-refractivity contribution is 0.332. The fraction of sp³-hybridized carbons (Fsp3) is 0.438. The molecule has 0 saturated heterocycles. The normalized spacial score (nSPS) is 20.7. The molecule has 68 heavy (non-hydrogen) atoms. The zero-order valence-corrected chi connectivity index (χ0v) is 44.1. The molecule has 0 radical (unpaired) electrons. The van der Waals surface area contributed by atoms with Gasteiger partial charge in [-0.2, -0.15) is 0 Å². The summed E-state index contributed by atoms with van der Waals surface area (Å²) in [5.41, 5.74) is 25.7. The van der Waals surface area contributed by atoms with Crippen molar-refractivity contribution in [1.82, 2.24) is 0 Å². The molecule has 3 aliphatic carbocycles. The number of hydrogen-bond acceptors (Lipinski definition) is 3. The molecule has 3 nitrogen and oxygen atoms in total. The number of para-hydroxylation sites is 1. The van der Waals surface area contributed by atoms with Crippen LogP contribution in [0.4, 0.5) is 34.1 Å². The molecule has 7 aromatic rings. The van der Waals surface area contributed by atoms with E-state index in [2.05, 4.69) is 212 Å². The van der Waals surface area contributed by atoms with Gasteiger partial charge in [0.15, 0.2) is 0 Å². The van der Waals surface area contributed by atoms with Gasteiger partial charge in [0.1, 0.15) is 11.2 Å². The first-order valence-electron chi connectivity index (χ1n) is 25.9. The SMILES string of the molecule is Cc1cc2c3c(c1)N(c1cc(C(C)(C)C)c4oc5ccccc5c4c1)c1cc4c(cc1B3c1cc3c(cc1N2c1ccc2c(c1)C(C)(C)CCC2(C)C)C(C)(C)CCC3(C)C)C(C)(C)CC4(C)C. The molecular formula is C64H73BN2O. The molecule has 4 heteroatoms. The lowest BCUT2D eigenvalue weighted by Crippen LogP contribution is -2.62. The fourth-order valence-corrected chi connectivity index (χ4v) is 14.4. The Bertz CT molecular complexity index is 3340. The molecular weight excluding hydrogens is 824 g/mol. The molecule has 0 atom stereocenters. The smallest absolute Gasteiger partial charge is 0.252 e. The van der Waals surface area contributed by atoms with Crippen molar-refractivity contribution in [3.05, 3.63) is 136 Å². The molecule has 348 valence electrons. The first-order valence-corrected chi connectivity index (χ1v) is 25.9. The Balaban J connectivity index is 1.23. The maximum absolute atomic E-state index is 6.80. The van der Waals surface area contributed by atoms with Crippen LogP contribution in [0.5, 0.6) is 0 Å². The fourth-order valence-electron chi connectivity index (χ4n) is 14.4. The molecule has 6 aromatic carbocycles. The highest BCUT2D eigenvalue weighted by Crippen LogP contribution is 2.56. The van der Waals surface area contributed by atoms with Gasteiger partial charge < -0.3 is 14.2 Å². The van der Waals surface area contributed by atoms with Crippen molar-refractivity contribution in [3.63, 3.8) is 0 Å². The maximum atomic E-state index is 6.80. The van der Waals surface area contributed by atoms with Crippen LogP contribution in [-0.2, 0) is 37.9 Å². The summed E-state index contributed by atoms with van der Waals surface area (Å²) in [5, 5.41) is 2.35. The molecule has 0 N–H and O–H groups in total. The Labute approximate surface area is 407 Å². The Hall–Kier alpha value is -5.22. The third kappa shape index (κ3) is 6.10. The van der Waals surface area contributed by atoms with Crippen LogP contribution >= 0.6 is 0 Å². The average Bonchev–Trinajstić information content (AvgIpc) is 3.71. The highest BCUT2D eigenvalue weighted by Gasteiger charge is 2.50. The molecule has 5 aliphatic rings. The number of furan rings is 1. The van der Waals surface area contributed by atoms with E-state index in [1.165, 1.54) is 131 Å². The molecule has 1 aromatic heterocycles. The van der Waals surface area contributed by atoms with E-state index in [1.54, 1.807) is 0 Å². The van der Waals surface area contributed by atoms with Crippen molar-refractivity contribution in [2.24, 2.45) is 0 Å². The quantitative estimate of drug-likeness (QED) is 0.161. The summed E-state index contributed by atoms with van der Waals surface area (Å²) in [6, 6.07) is 36.8. The number of anilines is 6. The van der Waals surface area contributed by atoms with Crippen LogP contribution < -0.4 is 26.2 Å². The first-order chi connectivity index (χ1) is 31.7. The summed E-state index contributed by atoms with van der Waals surface area (Å²) >= 11 is 0. The summed E-state index contributed by atoms with van der Waals surface area (Å²) in [6.45, 7) is 39.1. The first kappa shape index (κ1) is 44.0. The predicted octanol–water partition coefficient (Wildman–Crippen LogP) is 15.9. The predicted molar refractivity (Wildman–Crippen MR) is 292 cm³/mol. The van der Waals surface area contributed by atoms with Gasteiger partial charge in [0.05, 0.1) is 0 Å². The van der Waals surface area contributed by atoms with Crippen molar-refractivity contribution in [1.29, 1.82) is 0 Å². The number of rotatable bonds is 2. The van der Waals surface area contributed by atoms with Gasteiger partial charge in [0, 0.05) is 50.5 Å². The van der Waals surface area contributed by atoms with Gasteiger partial charge in [0.2, 0.25) is 0 Å². The molecule has 0 bridgehead atoms. The number of hydrogen-bond donors (Lipinski definition) is 0. The minimum Gasteiger partial charge on any atom is -0.456 e. The Morgan fingerprint density at radius 1 is 0.471 bits per heavy atom. The van der Waals surface area contributed by atoms with E-state index in [9.17, 15) is 0 Å². The zero-order chi connectivity index (χ0) is 48.2. The van der Waals surface area contributed by atoms with Crippen molar-refractivity contribution in [3.8, 4) is 0 Å². The summed E-state index contributed by atoms with van der Waals surface area (Å²) < 4.78 is 6.80. The summed E-state index contributed by atoms with van der Waals surface area (Å²) in [6.07, 6.45) is 5.86. The van der Waals surface area contributed by atoms with E-state index in [4.69, 9.17) is 4.42 Å². The number of aryl methyl sites for hydroxylation is 1. The van der Waals surface area contributed by atoms with E-state index in [1.807, 2.05) is 0 Å². The minimum atomic E-state index is -0.163. The van der Waals surface area contributed by atoms with Crippen molar-refractivity contribution in [2.75, 3.05) is 9.80 Å². The molecule has 3 heterocycles.